The van der Waals surface area contributed by atoms with Gasteiger partial charge in [0.1, 0.15) is 11.5 Å². The number of hydrogen-bond acceptors (Lipinski definition) is 4. The quantitative estimate of drug-likeness (QED) is 0.691. The van der Waals surface area contributed by atoms with Crippen LogP contribution in [0.15, 0.2) is 53.1 Å². The number of aliphatic hydroxyl groups excluding tert-OH is 1. The van der Waals surface area contributed by atoms with Crippen molar-refractivity contribution < 1.29 is 9.52 Å². The molecule has 0 radical (unpaired) electrons. The van der Waals surface area contributed by atoms with Crippen LogP contribution in [0, 0.1) is 0 Å². The third-order valence-corrected chi connectivity index (χ3v) is 4.16. The Bertz CT molecular complexity index is 764. The number of rotatable bonds is 4. The van der Waals surface area contributed by atoms with E-state index in [1.807, 2.05) is 36.4 Å². The number of aliphatic hydroxyl groups is 1. The molecule has 2 aromatic heterocycles. The largest absolute Gasteiger partial charge is 0.458 e. The molecule has 3 N–H and O–H groups in total. The molecule has 5 heteroatoms. The molecule has 112 valence electrons. The van der Waals surface area contributed by atoms with Gasteiger partial charge in [-0.1, -0.05) is 24.3 Å². The molecule has 0 spiro atoms. The van der Waals surface area contributed by atoms with Gasteiger partial charge in [0.05, 0.1) is 12.6 Å². The molecule has 4 rings (SSSR count). The zero-order chi connectivity index (χ0) is 14.9. The predicted octanol–water partition coefficient (Wildman–Crippen LogP) is 2.42. The zero-order valence-electron chi connectivity index (χ0n) is 12.0. The van der Waals surface area contributed by atoms with Gasteiger partial charge in [-0.05, 0) is 35.7 Å². The maximum atomic E-state index is 10.4. The number of hydrogen-bond donors (Lipinski definition) is 3. The third-order valence-electron chi connectivity index (χ3n) is 4.16. The van der Waals surface area contributed by atoms with Gasteiger partial charge >= 0.3 is 0 Å². The maximum Gasteiger partial charge on any atom is 0.152 e. The fourth-order valence-electron chi connectivity index (χ4n) is 3.00. The minimum atomic E-state index is -0.460. The average Bonchev–Trinajstić information content (AvgIpc) is 3.26. The molecule has 0 saturated heterocycles. The fourth-order valence-corrected chi connectivity index (χ4v) is 3.00. The fraction of sp³-hybridized carbons (Fsp3) is 0.235. The second kappa shape index (κ2) is 5.44. The first kappa shape index (κ1) is 13.3. The lowest BCUT2D eigenvalue weighted by molar-refractivity contribution is 0.140. The first-order valence-corrected chi connectivity index (χ1v) is 7.39. The number of benzene rings is 1. The highest BCUT2D eigenvalue weighted by Crippen LogP contribution is 2.31. The van der Waals surface area contributed by atoms with E-state index in [-0.39, 0.29) is 6.04 Å². The van der Waals surface area contributed by atoms with Crippen LogP contribution in [-0.4, -0.2) is 21.3 Å². The summed E-state index contributed by atoms with van der Waals surface area (Å²) in [5.74, 6) is 1.61. The normalized spacial score (nSPS) is 20.2. The molecule has 3 aromatic rings. The second-order valence-electron chi connectivity index (χ2n) is 5.57. The van der Waals surface area contributed by atoms with Crippen LogP contribution in [-0.2, 0) is 13.0 Å². The molecule has 0 fully saturated rings. The minimum Gasteiger partial charge on any atom is -0.458 e. The van der Waals surface area contributed by atoms with Crippen LogP contribution >= 0.6 is 0 Å². The molecular formula is C17H17N3O2. The van der Waals surface area contributed by atoms with Crippen molar-refractivity contribution in [3.63, 3.8) is 0 Å². The molecule has 0 amide bonds. The van der Waals surface area contributed by atoms with Gasteiger partial charge in [-0.25, -0.2) is 0 Å². The molecule has 2 heterocycles. The molecule has 1 aliphatic carbocycles. The van der Waals surface area contributed by atoms with E-state index >= 15 is 0 Å². The van der Waals surface area contributed by atoms with Crippen molar-refractivity contribution in [1.29, 1.82) is 0 Å². The molecule has 1 aromatic carbocycles. The highest BCUT2D eigenvalue weighted by Gasteiger charge is 2.30. The van der Waals surface area contributed by atoms with Crippen molar-refractivity contribution >= 4 is 0 Å². The molecule has 1 aliphatic rings. The predicted molar refractivity (Wildman–Crippen MR) is 82.0 cm³/mol. The summed E-state index contributed by atoms with van der Waals surface area (Å²) >= 11 is 0. The smallest absolute Gasteiger partial charge is 0.152 e. The number of nitrogens with one attached hydrogen (secondary N) is 2. The number of aromatic amines is 1. The van der Waals surface area contributed by atoms with Crippen LogP contribution in [0.2, 0.25) is 0 Å². The molecular weight excluding hydrogens is 278 g/mol. The summed E-state index contributed by atoms with van der Waals surface area (Å²) in [6.45, 7) is 0.587. The summed E-state index contributed by atoms with van der Waals surface area (Å²) in [7, 11) is 0. The summed E-state index contributed by atoms with van der Waals surface area (Å²) in [6, 6.07) is 13.8. The molecule has 0 saturated carbocycles. The van der Waals surface area contributed by atoms with Crippen molar-refractivity contribution in [3.05, 3.63) is 65.5 Å². The molecule has 0 unspecified atom stereocenters. The molecule has 0 bridgehead atoms. The Balaban J connectivity index is 1.42. The Morgan fingerprint density at radius 2 is 2.14 bits per heavy atom. The maximum absolute atomic E-state index is 10.4. The van der Waals surface area contributed by atoms with Gasteiger partial charge in [-0.3, -0.25) is 5.10 Å². The van der Waals surface area contributed by atoms with E-state index in [0.717, 1.165) is 29.2 Å². The van der Waals surface area contributed by atoms with Crippen LogP contribution in [0.3, 0.4) is 0 Å². The van der Waals surface area contributed by atoms with Crippen molar-refractivity contribution in [2.45, 2.75) is 25.1 Å². The van der Waals surface area contributed by atoms with Gasteiger partial charge < -0.3 is 14.8 Å². The number of aromatic nitrogens is 2. The zero-order valence-corrected chi connectivity index (χ0v) is 12.0. The lowest BCUT2D eigenvalue weighted by Gasteiger charge is -2.16. The standard InChI is InChI=1S/C17H17N3O2/c21-17-13-4-2-1-3-11(13)9-15(17)18-10-12-5-6-16(22-12)14-7-8-19-20-14/h1-8,15,17-18,21H,9-10H2,(H,19,20)/t15-,17-/m0/s1. The first-order chi connectivity index (χ1) is 10.8. The molecule has 22 heavy (non-hydrogen) atoms. The van der Waals surface area contributed by atoms with E-state index in [0.29, 0.717) is 6.54 Å². The molecule has 0 aliphatic heterocycles. The lowest BCUT2D eigenvalue weighted by Crippen LogP contribution is -2.32. The van der Waals surface area contributed by atoms with Crippen molar-refractivity contribution in [1.82, 2.24) is 15.5 Å². The summed E-state index contributed by atoms with van der Waals surface area (Å²) in [5, 5.41) is 20.5. The number of furan rings is 1. The first-order valence-electron chi connectivity index (χ1n) is 7.39. The van der Waals surface area contributed by atoms with Crippen LogP contribution in [0.25, 0.3) is 11.5 Å². The number of fused-ring (bicyclic) bond motifs is 1. The van der Waals surface area contributed by atoms with Crippen molar-refractivity contribution in [2.75, 3.05) is 0 Å². The van der Waals surface area contributed by atoms with Crippen molar-refractivity contribution in [3.8, 4) is 11.5 Å². The Morgan fingerprint density at radius 1 is 1.23 bits per heavy atom. The SMILES string of the molecule is O[C@H]1c2ccccc2C[C@@H]1NCc1ccc(-c2ccn[nH]2)o1. The Labute approximate surface area is 128 Å². The molecule has 2 atom stereocenters. The van der Waals surface area contributed by atoms with Crippen molar-refractivity contribution in [2.24, 2.45) is 0 Å². The van der Waals surface area contributed by atoms with Gasteiger partial charge in [-0.15, -0.1) is 0 Å². The highest BCUT2D eigenvalue weighted by atomic mass is 16.3. The summed E-state index contributed by atoms with van der Waals surface area (Å²) in [6.07, 6.45) is 2.08. The lowest BCUT2D eigenvalue weighted by atomic mass is 10.1. The van der Waals surface area contributed by atoms with E-state index in [2.05, 4.69) is 21.6 Å². The summed E-state index contributed by atoms with van der Waals surface area (Å²) < 4.78 is 5.78. The minimum absolute atomic E-state index is 0.0260. The Hall–Kier alpha value is -2.37. The van der Waals surface area contributed by atoms with E-state index in [9.17, 15) is 5.11 Å². The van der Waals surface area contributed by atoms with Crippen LogP contribution in [0.5, 0.6) is 0 Å². The monoisotopic (exact) mass is 295 g/mol. The summed E-state index contributed by atoms with van der Waals surface area (Å²) in [5.41, 5.74) is 3.10. The van der Waals surface area contributed by atoms with E-state index in [1.54, 1.807) is 6.20 Å². The van der Waals surface area contributed by atoms with Gasteiger partial charge in [0.15, 0.2) is 5.76 Å². The molecule has 5 nitrogen and oxygen atoms in total. The third kappa shape index (κ3) is 2.34. The van der Waals surface area contributed by atoms with Crippen LogP contribution in [0.1, 0.15) is 23.0 Å². The number of nitrogens with zero attached hydrogens (tertiary/aromatic N) is 1. The van der Waals surface area contributed by atoms with Gasteiger partial charge in [0.2, 0.25) is 0 Å². The Morgan fingerprint density at radius 3 is 2.95 bits per heavy atom. The highest BCUT2D eigenvalue weighted by molar-refractivity contribution is 5.51. The van der Waals surface area contributed by atoms with E-state index < -0.39 is 6.10 Å². The van der Waals surface area contributed by atoms with Crippen LogP contribution < -0.4 is 5.32 Å². The van der Waals surface area contributed by atoms with E-state index in [1.165, 1.54) is 5.56 Å². The average molecular weight is 295 g/mol. The Kier molecular flexibility index (Phi) is 3.29. The topological polar surface area (TPSA) is 74.1 Å². The van der Waals surface area contributed by atoms with Gasteiger partial charge in [-0.2, -0.15) is 5.10 Å². The van der Waals surface area contributed by atoms with Crippen LogP contribution in [0.4, 0.5) is 0 Å². The van der Waals surface area contributed by atoms with E-state index in [4.69, 9.17) is 4.42 Å². The number of H-pyrrole nitrogens is 1. The second-order valence-corrected chi connectivity index (χ2v) is 5.57. The van der Waals surface area contributed by atoms with Gasteiger partial charge in [0, 0.05) is 12.2 Å². The van der Waals surface area contributed by atoms with Gasteiger partial charge in [0.25, 0.3) is 0 Å². The summed E-state index contributed by atoms with van der Waals surface area (Å²) in [4.78, 5) is 0.